The summed E-state index contributed by atoms with van der Waals surface area (Å²) in [7, 11) is -3.95. The molecule has 154 valence electrons. The van der Waals surface area contributed by atoms with Crippen LogP contribution in [0.15, 0.2) is 35.5 Å². The van der Waals surface area contributed by atoms with Gasteiger partial charge < -0.3 is 10.4 Å². The second-order valence-electron chi connectivity index (χ2n) is 7.17. The second kappa shape index (κ2) is 7.45. The monoisotopic (exact) mass is 457 g/mol. The van der Waals surface area contributed by atoms with E-state index in [-0.39, 0.29) is 26.9 Å². The van der Waals surface area contributed by atoms with Crippen molar-refractivity contribution in [1.82, 2.24) is 19.3 Å². The molecular weight excluding hydrogens is 441 g/mol. The topological polar surface area (TPSA) is 126 Å². The van der Waals surface area contributed by atoms with Gasteiger partial charge in [-0.05, 0) is 39.0 Å². The molecular formula is C17H17Cl2N5O4S. The van der Waals surface area contributed by atoms with Crippen molar-refractivity contribution in [3.05, 3.63) is 46.2 Å². The maximum absolute atomic E-state index is 12.7. The second-order valence-corrected chi connectivity index (χ2v) is 9.67. The average Bonchev–Trinajstić information content (AvgIpc) is 3.00. The molecule has 0 bridgehead atoms. The third-order valence-corrected chi connectivity index (χ3v) is 5.93. The minimum absolute atomic E-state index is 0.0102. The molecule has 29 heavy (non-hydrogen) atoms. The van der Waals surface area contributed by atoms with Crippen LogP contribution >= 0.6 is 23.2 Å². The van der Waals surface area contributed by atoms with Crippen LogP contribution in [0.2, 0.25) is 10.0 Å². The molecule has 0 fully saturated rings. The van der Waals surface area contributed by atoms with Crippen LogP contribution in [0.3, 0.4) is 0 Å². The van der Waals surface area contributed by atoms with E-state index in [1.165, 1.54) is 6.07 Å². The Labute approximate surface area is 176 Å². The van der Waals surface area contributed by atoms with Crippen molar-refractivity contribution in [1.29, 1.82) is 0 Å². The number of halogens is 2. The number of benzene rings is 1. The molecule has 1 aromatic carbocycles. The van der Waals surface area contributed by atoms with Crippen molar-refractivity contribution in [3.8, 4) is 0 Å². The van der Waals surface area contributed by atoms with Gasteiger partial charge in [-0.2, -0.15) is 9.61 Å². The van der Waals surface area contributed by atoms with Crippen molar-refractivity contribution < 1.29 is 18.3 Å². The predicted molar refractivity (Wildman–Crippen MR) is 110 cm³/mol. The van der Waals surface area contributed by atoms with E-state index in [0.29, 0.717) is 10.7 Å². The first-order chi connectivity index (χ1) is 13.4. The molecule has 0 aliphatic carbocycles. The van der Waals surface area contributed by atoms with Crippen LogP contribution in [0.5, 0.6) is 0 Å². The highest BCUT2D eigenvalue weighted by atomic mass is 35.5. The highest BCUT2D eigenvalue weighted by Crippen LogP contribution is 2.30. The van der Waals surface area contributed by atoms with Crippen molar-refractivity contribution in [2.45, 2.75) is 31.2 Å². The molecule has 3 N–H and O–H groups in total. The summed E-state index contributed by atoms with van der Waals surface area (Å²) in [4.78, 5) is 15.5. The number of sulfonamides is 1. The molecule has 0 aliphatic rings. The number of fused-ring (bicyclic) bond motifs is 1. The molecule has 0 radical (unpaired) electrons. The van der Waals surface area contributed by atoms with Gasteiger partial charge in [0.25, 0.3) is 0 Å². The number of anilines is 2. The Hall–Kier alpha value is -2.40. The number of hydrogen-bond donors (Lipinski definition) is 3. The summed E-state index contributed by atoms with van der Waals surface area (Å²) in [5.41, 5.74) is -0.635. The zero-order valence-electron chi connectivity index (χ0n) is 15.6. The van der Waals surface area contributed by atoms with Crippen LogP contribution in [0.4, 0.5) is 11.5 Å². The Morgan fingerprint density at radius 1 is 1.21 bits per heavy atom. The number of carboxylic acid groups (broad SMARTS) is 1. The Morgan fingerprint density at radius 2 is 1.90 bits per heavy atom. The average molecular weight is 458 g/mol. The summed E-state index contributed by atoms with van der Waals surface area (Å²) in [6, 6.07) is 4.61. The summed E-state index contributed by atoms with van der Waals surface area (Å²) >= 11 is 12.1. The summed E-state index contributed by atoms with van der Waals surface area (Å²) < 4.78 is 29.1. The molecule has 3 rings (SSSR count). The smallest absolute Gasteiger partial charge is 0.341 e. The highest BCUT2D eigenvalue weighted by molar-refractivity contribution is 7.89. The molecule has 9 nitrogen and oxygen atoms in total. The normalized spacial score (nSPS) is 12.3. The van der Waals surface area contributed by atoms with Crippen LogP contribution in [0.1, 0.15) is 31.1 Å². The van der Waals surface area contributed by atoms with Crippen molar-refractivity contribution >= 4 is 56.3 Å². The fourth-order valence-corrected chi connectivity index (χ4v) is 4.49. The van der Waals surface area contributed by atoms with Crippen LogP contribution in [-0.2, 0) is 10.0 Å². The van der Waals surface area contributed by atoms with Gasteiger partial charge in [0, 0.05) is 16.8 Å². The van der Waals surface area contributed by atoms with E-state index in [1.54, 1.807) is 32.9 Å². The Bertz CT molecular complexity index is 1220. The van der Waals surface area contributed by atoms with Crippen molar-refractivity contribution in [3.63, 3.8) is 0 Å². The first kappa shape index (κ1) is 21.3. The van der Waals surface area contributed by atoms with Crippen LogP contribution in [0.25, 0.3) is 5.65 Å². The van der Waals surface area contributed by atoms with Crippen molar-refractivity contribution in [2.24, 2.45) is 0 Å². The van der Waals surface area contributed by atoms with E-state index in [1.807, 2.05) is 0 Å². The maximum atomic E-state index is 12.7. The standard InChI is InChI=1S/C17H17Cl2N5O4S/c1-17(2,3)23-29(27,28)13-8-21-24-14(10(16(25)26)7-20-15(13)24)22-12-5-4-9(18)6-11(12)19/h4-8,22-23H,1-3H3,(H,25,26). The molecule has 2 heterocycles. The fourth-order valence-electron chi connectivity index (χ4n) is 2.55. The van der Waals surface area contributed by atoms with Gasteiger partial charge in [-0.25, -0.2) is 22.9 Å². The SMILES string of the molecule is CC(C)(C)NS(=O)(=O)c1cnn2c(Nc3ccc(Cl)cc3Cl)c(C(=O)O)cnc12. The summed E-state index contributed by atoms with van der Waals surface area (Å²) in [6.45, 7) is 5.09. The summed E-state index contributed by atoms with van der Waals surface area (Å²) in [5.74, 6) is -1.29. The van der Waals surface area contributed by atoms with E-state index in [2.05, 4.69) is 20.1 Å². The first-order valence-electron chi connectivity index (χ1n) is 8.25. The Morgan fingerprint density at radius 3 is 2.48 bits per heavy atom. The lowest BCUT2D eigenvalue weighted by Crippen LogP contribution is -2.40. The molecule has 0 atom stereocenters. The largest absolute Gasteiger partial charge is 0.477 e. The number of nitrogens with one attached hydrogen (secondary N) is 2. The lowest BCUT2D eigenvalue weighted by atomic mass is 10.1. The number of carboxylic acids is 1. The van der Waals surface area contributed by atoms with Gasteiger partial charge in [0.15, 0.2) is 11.5 Å². The minimum atomic E-state index is -3.95. The zero-order chi connectivity index (χ0) is 21.6. The molecule has 0 unspecified atom stereocenters. The van der Waals surface area contributed by atoms with E-state index in [0.717, 1.165) is 16.9 Å². The molecule has 3 aromatic rings. The van der Waals surface area contributed by atoms with E-state index in [4.69, 9.17) is 23.2 Å². The van der Waals surface area contributed by atoms with Crippen LogP contribution in [-0.4, -0.2) is 39.6 Å². The quantitative estimate of drug-likeness (QED) is 0.534. The molecule has 12 heteroatoms. The maximum Gasteiger partial charge on any atom is 0.341 e. The number of aromatic nitrogens is 3. The van der Waals surface area contributed by atoms with Crippen LogP contribution in [0, 0.1) is 0 Å². The van der Waals surface area contributed by atoms with Gasteiger partial charge in [-0.1, -0.05) is 23.2 Å². The number of carbonyl (C=O) groups is 1. The van der Waals surface area contributed by atoms with Gasteiger partial charge in [0.2, 0.25) is 10.0 Å². The summed E-state index contributed by atoms with van der Waals surface area (Å²) in [6.07, 6.45) is 2.16. The molecule has 0 aliphatic heterocycles. The Balaban J connectivity index is 2.19. The van der Waals surface area contributed by atoms with Gasteiger partial charge in [-0.15, -0.1) is 0 Å². The fraction of sp³-hybridized carbons (Fsp3) is 0.235. The third kappa shape index (κ3) is 4.45. The minimum Gasteiger partial charge on any atom is -0.477 e. The first-order valence-corrected chi connectivity index (χ1v) is 10.5. The number of nitrogens with zero attached hydrogens (tertiary/aromatic N) is 3. The zero-order valence-corrected chi connectivity index (χ0v) is 17.9. The molecule has 0 amide bonds. The van der Waals surface area contributed by atoms with Gasteiger partial charge >= 0.3 is 5.97 Å². The lowest BCUT2D eigenvalue weighted by molar-refractivity contribution is 0.0697. The van der Waals surface area contributed by atoms with Gasteiger partial charge in [-0.3, -0.25) is 0 Å². The Kier molecular flexibility index (Phi) is 5.48. The van der Waals surface area contributed by atoms with Gasteiger partial charge in [0.05, 0.1) is 16.9 Å². The van der Waals surface area contributed by atoms with E-state index >= 15 is 0 Å². The molecule has 0 saturated carbocycles. The van der Waals surface area contributed by atoms with Crippen LogP contribution < -0.4 is 10.0 Å². The molecule has 2 aromatic heterocycles. The summed E-state index contributed by atoms with van der Waals surface area (Å²) in [5, 5.41) is 17.1. The number of rotatable bonds is 5. The van der Waals surface area contributed by atoms with E-state index in [9.17, 15) is 18.3 Å². The third-order valence-electron chi connectivity index (χ3n) is 3.64. The van der Waals surface area contributed by atoms with Gasteiger partial charge in [0.1, 0.15) is 10.5 Å². The molecule has 0 saturated heterocycles. The predicted octanol–water partition coefficient (Wildman–Crippen LogP) is 3.55. The number of hydrogen-bond acceptors (Lipinski definition) is 6. The highest BCUT2D eigenvalue weighted by Gasteiger charge is 2.28. The van der Waals surface area contributed by atoms with Crippen molar-refractivity contribution in [2.75, 3.05) is 5.32 Å². The lowest BCUT2D eigenvalue weighted by Gasteiger charge is -2.19. The number of aromatic carboxylic acids is 1. The molecule has 0 spiro atoms. The van der Waals surface area contributed by atoms with E-state index < -0.39 is 21.5 Å².